The number of nitrogens with zero attached hydrogens (tertiary/aromatic N) is 2. The number of methoxy groups -OCH3 is 1. The van der Waals surface area contributed by atoms with Gasteiger partial charge in [-0.15, -0.1) is 0 Å². The largest absolute Gasteiger partial charge is 0.497 e. The Morgan fingerprint density at radius 3 is 2.59 bits per heavy atom. The minimum Gasteiger partial charge on any atom is -0.497 e. The number of hydrogen-bond acceptors (Lipinski definition) is 3. The maximum atomic E-state index is 11.0. The molecule has 29 heavy (non-hydrogen) atoms. The van der Waals surface area contributed by atoms with Gasteiger partial charge in [-0.05, 0) is 68.1 Å². The van der Waals surface area contributed by atoms with E-state index in [2.05, 4.69) is 58.0 Å². The van der Waals surface area contributed by atoms with Crippen LogP contribution in [0.25, 0.3) is 10.9 Å². The van der Waals surface area contributed by atoms with Crippen LogP contribution >= 0.6 is 0 Å². The van der Waals surface area contributed by atoms with E-state index in [1.54, 1.807) is 7.11 Å². The summed E-state index contributed by atoms with van der Waals surface area (Å²) in [4.78, 5) is 2.57. The van der Waals surface area contributed by atoms with Gasteiger partial charge < -0.3 is 14.4 Å². The third-order valence-corrected chi connectivity index (χ3v) is 6.90. The fourth-order valence-electron chi connectivity index (χ4n) is 5.28. The second kappa shape index (κ2) is 7.85. The van der Waals surface area contributed by atoms with Crippen LogP contribution in [-0.4, -0.2) is 34.8 Å². The van der Waals surface area contributed by atoms with Crippen molar-refractivity contribution in [3.63, 3.8) is 0 Å². The van der Waals surface area contributed by atoms with Crippen molar-refractivity contribution in [3.05, 3.63) is 65.9 Å². The number of aliphatic hydroxyl groups excluding tert-OH is 1. The molecular formula is C25H30N2O2. The normalized spacial score (nSPS) is 22.8. The van der Waals surface area contributed by atoms with E-state index < -0.39 is 0 Å². The lowest BCUT2D eigenvalue weighted by atomic mass is 9.85. The molecule has 2 aromatic carbocycles. The molecule has 0 amide bonds. The number of likely N-dealkylation sites (tertiary alicyclic amines) is 1. The number of hydrogen-bond donors (Lipinski definition) is 1. The topological polar surface area (TPSA) is 37.6 Å². The number of aromatic nitrogens is 1. The molecule has 0 spiro atoms. The number of rotatable bonds is 5. The number of ether oxygens (including phenoxy) is 1. The summed E-state index contributed by atoms with van der Waals surface area (Å²) in [6.45, 7) is 4.31. The Balaban J connectivity index is 1.19. The molecule has 4 heteroatoms. The van der Waals surface area contributed by atoms with E-state index in [0.717, 1.165) is 55.3 Å². The van der Waals surface area contributed by atoms with Crippen LogP contribution in [0.15, 0.2) is 54.6 Å². The van der Waals surface area contributed by atoms with Gasteiger partial charge in [0.2, 0.25) is 0 Å². The lowest BCUT2D eigenvalue weighted by Gasteiger charge is -2.33. The molecule has 4 nitrogen and oxygen atoms in total. The van der Waals surface area contributed by atoms with Crippen LogP contribution in [0.4, 0.5) is 0 Å². The molecule has 1 N–H and O–H groups in total. The van der Waals surface area contributed by atoms with Crippen LogP contribution in [0.5, 0.6) is 5.75 Å². The predicted molar refractivity (Wildman–Crippen MR) is 116 cm³/mol. The molecule has 5 rings (SSSR count). The first-order chi connectivity index (χ1) is 14.2. The van der Waals surface area contributed by atoms with Gasteiger partial charge in [-0.3, -0.25) is 4.90 Å². The van der Waals surface area contributed by atoms with Gasteiger partial charge in [0, 0.05) is 35.6 Å². The van der Waals surface area contributed by atoms with Gasteiger partial charge in [0.15, 0.2) is 0 Å². The van der Waals surface area contributed by atoms with Crippen LogP contribution in [-0.2, 0) is 13.1 Å². The molecule has 152 valence electrons. The molecule has 0 saturated carbocycles. The molecule has 0 bridgehead atoms. The van der Waals surface area contributed by atoms with E-state index in [1.807, 2.05) is 6.07 Å². The monoisotopic (exact) mass is 390 g/mol. The van der Waals surface area contributed by atoms with E-state index in [-0.39, 0.29) is 6.10 Å². The summed E-state index contributed by atoms with van der Waals surface area (Å²) in [5, 5.41) is 12.1. The standard InChI is InChI=1S/C25H30N2O2/c1-29-22-7-8-23-20(14-22)15-24-25(28)21(17-27(23)24)13-18-9-11-26(12-10-18)16-19-5-3-2-4-6-19/h2-8,14-15,18,21,25,28H,9-13,16-17H2,1H3. The molecule has 1 saturated heterocycles. The maximum Gasteiger partial charge on any atom is 0.119 e. The summed E-state index contributed by atoms with van der Waals surface area (Å²) < 4.78 is 7.66. The first-order valence-electron chi connectivity index (χ1n) is 10.8. The Bertz CT molecular complexity index is 973. The average Bonchev–Trinajstić information content (AvgIpc) is 3.26. The van der Waals surface area contributed by atoms with E-state index in [0.29, 0.717) is 5.92 Å². The van der Waals surface area contributed by atoms with E-state index in [4.69, 9.17) is 4.74 Å². The molecule has 1 fully saturated rings. The first kappa shape index (κ1) is 18.7. The SMILES string of the molecule is COc1ccc2c(c1)cc1n2CC(CC2CCN(Cc3ccccc3)CC2)C1O. The van der Waals surface area contributed by atoms with Crippen LogP contribution in [0.1, 0.15) is 36.6 Å². The maximum absolute atomic E-state index is 11.0. The summed E-state index contributed by atoms with van der Waals surface area (Å²) in [5.74, 6) is 1.93. The van der Waals surface area contributed by atoms with Crippen molar-refractivity contribution in [2.24, 2.45) is 11.8 Å². The van der Waals surface area contributed by atoms with Crippen LogP contribution in [0, 0.1) is 11.8 Å². The average molecular weight is 391 g/mol. The van der Waals surface area contributed by atoms with Gasteiger partial charge in [-0.25, -0.2) is 0 Å². The fraction of sp³-hybridized carbons (Fsp3) is 0.440. The summed E-state index contributed by atoms with van der Waals surface area (Å²) in [7, 11) is 1.70. The Hall–Kier alpha value is -2.30. The summed E-state index contributed by atoms with van der Waals surface area (Å²) >= 11 is 0. The fourth-order valence-corrected chi connectivity index (χ4v) is 5.28. The Morgan fingerprint density at radius 1 is 1.03 bits per heavy atom. The smallest absolute Gasteiger partial charge is 0.119 e. The Kier molecular flexibility index (Phi) is 5.06. The number of aliphatic hydroxyl groups is 1. The van der Waals surface area contributed by atoms with E-state index >= 15 is 0 Å². The highest BCUT2D eigenvalue weighted by molar-refractivity contribution is 5.83. The van der Waals surface area contributed by atoms with Gasteiger partial charge in [0.05, 0.1) is 13.2 Å². The van der Waals surface area contributed by atoms with Crippen LogP contribution in [0.2, 0.25) is 0 Å². The van der Waals surface area contributed by atoms with Crippen molar-refractivity contribution in [3.8, 4) is 5.75 Å². The molecule has 2 atom stereocenters. The molecule has 2 aliphatic heterocycles. The van der Waals surface area contributed by atoms with Gasteiger partial charge in [0.1, 0.15) is 5.75 Å². The van der Waals surface area contributed by atoms with Gasteiger partial charge >= 0.3 is 0 Å². The highest BCUT2D eigenvalue weighted by atomic mass is 16.5. The number of piperidine rings is 1. The van der Waals surface area contributed by atoms with Gasteiger partial charge in [-0.1, -0.05) is 30.3 Å². The van der Waals surface area contributed by atoms with E-state index in [9.17, 15) is 5.11 Å². The summed E-state index contributed by atoms with van der Waals surface area (Å²) in [6, 6.07) is 19.1. The second-order valence-corrected chi connectivity index (χ2v) is 8.75. The molecule has 0 radical (unpaired) electrons. The lowest BCUT2D eigenvalue weighted by Crippen LogP contribution is -2.34. The van der Waals surface area contributed by atoms with Gasteiger partial charge in [0.25, 0.3) is 0 Å². The third-order valence-electron chi connectivity index (χ3n) is 6.90. The third kappa shape index (κ3) is 3.67. The highest BCUT2D eigenvalue weighted by Gasteiger charge is 2.35. The molecule has 0 aliphatic carbocycles. The number of fused-ring (bicyclic) bond motifs is 3. The van der Waals surface area contributed by atoms with Crippen molar-refractivity contribution < 1.29 is 9.84 Å². The van der Waals surface area contributed by atoms with Gasteiger partial charge in [-0.2, -0.15) is 0 Å². The number of benzene rings is 2. The predicted octanol–water partition coefficient (Wildman–Crippen LogP) is 4.62. The van der Waals surface area contributed by atoms with Crippen molar-refractivity contribution in [2.75, 3.05) is 20.2 Å². The van der Waals surface area contributed by atoms with E-state index in [1.165, 1.54) is 23.9 Å². The zero-order valence-corrected chi connectivity index (χ0v) is 17.1. The molecule has 2 aliphatic rings. The first-order valence-corrected chi connectivity index (χ1v) is 10.8. The van der Waals surface area contributed by atoms with Crippen LogP contribution < -0.4 is 4.74 Å². The minimum absolute atomic E-state index is 0.335. The molecular weight excluding hydrogens is 360 g/mol. The van der Waals surface area contributed by atoms with Crippen molar-refractivity contribution in [2.45, 2.75) is 38.5 Å². The minimum atomic E-state index is -0.351. The zero-order chi connectivity index (χ0) is 19.8. The Labute approximate surface area is 172 Å². The molecule has 3 heterocycles. The van der Waals surface area contributed by atoms with Crippen LogP contribution in [0.3, 0.4) is 0 Å². The molecule has 1 aromatic heterocycles. The van der Waals surface area contributed by atoms with Crippen molar-refractivity contribution in [1.82, 2.24) is 9.47 Å². The highest BCUT2D eigenvalue weighted by Crippen LogP contribution is 2.41. The van der Waals surface area contributed by atoms with Crippen molar-refractivity contribution in [1.29, 1.82) is 0 Å². The molecule has 2 unspecified atom stereocenters. The zero-order valence-electron chi connectivity index (χ0n) is 17.1. The Morgan fingerprint density at radius 2 is 1.83 bits per heavy atom. The van der Waals surface area contributed by atoms with Crippen molar-refractivity contribution >= 4 is 10.9 Å². The second-order valence-electron chi connectivity index (χ2n) is 8.75. The lowest BCUT2D eigenvalue weighted by molar-refractivity contribution is 0.0889. The summed E-state index contributed by atoms with van der Waals surface area (Å²) in [5.41, 5.74) is 3.68. The molecule has 3 aromatic rings. The quantitative estimate of drug-likeness (QED) is 0.691. The summed E-state index contributed by atoms with van der Waals surface area (Å²) in [6.07, 6.45) is 3.25.